The van der Waals surface area contributed by atoms with Crippen molar-refractivity contribution in [1.29, 1.82) is 0 Å². The second kappa shape index (κ2) is 7.41. The highest BCUT2D eigenvalue weighted by molar-refractivity contribution is 5.15. The molecule has 120 valence electrons. The molecule has 21 heavy (non-hydrogen) atoms. The summed E-state index contributed by atoms with van der Waals surface area (Å²) in [4.78, 5) is 2.60. The lowest BCUT2D eigenvalue weighted by Gasteiger charge is -2.41. The van der Waals surface area contributed by atoms with Crippen LogP contribution >= 0.6 is 0 Å². The standard InChI is InChI=1S/C15H25N3O.C2H6/c1-11(2)18-15(8-12(3)16-18)13-4-6-17(7-5-13)14-9-19-10-14;1-2/h8,11,13-14H,4-7,9-10H2,1-3H3;1-2H3. The number of ether oxygens (including phenoxy) is 1. The molecule has 3 rings (SSSR count). The summed E-state index contributed by atoms with van der Waals surface area (Å²) in [5.41, 5.74) is 2.59. The minimum absolute atomic E-state index is 0.460. The van der Waals surface area contributed by atoms with Crippen molar-refractivity contribution in [3.8, 4) is 0 Å². The molecule has 2 fully saturated rings. The zero-order valence-electron chi connectivity index (χ0n) is 14.3. The van der Waals surface area contributed by atoms with E-state index in [0.29, 0.717) is 18.0 Å². The zero-order chi connectivity index (χ0) is 15.4. The van der Waals surface area contributed by atoms with Gasteiger partial charge in [-0.15, -0.1) is 0 Å². The van der Waals surface area contributed by atoms with Gasteiger partial charge in [-0.2, -0.15) is 5.10 Å². The Labute approximate surface area is 129 Å². The van der Waals surface area contributed by atoms with Crippen molar-refractivity contribution >= 4 is 0 Å². The number of likely N-dealkylation sites (tertiary alicyclic amines) is 1. The summed E-state index contributed by atoms with van der Waals surface area (Å²) in [6.45, 7) is 14.8. The molecule has 3 heterocycles. The van der Waals surface area contributed by atoms with Gasteiger partial charge in [-0.05, 0) is 52.8 Å². The Morgan fingerprint density at radius 3 is 2.29 bits per heavy atom. The Kier molecular flexibility index (Phi) is 5.82. The summed E-state index contributed by atoms with van der Waals surface area (Å²) in [5.74, 6) is 0.681. The van der Waals surface area contributed by atoms with E-state index in [0.717, 1.165) is 18.9 Å². The summed E-state index contributed by atoms with van der Waals surface area (Å²) in [6.07, 6.45) is 2.52. The summed E-state index contributed by atoms with van der Waals surface area (Å²) in [6, 6.07) is 3.44. The van der Waals surface area contributed by atoms with Gasteiger partial charge in [0.1, 0.15) is 0 Å². The number of rotatable bonds is 3. The second-order valence-electron chi connectivity index (χ2n) is 6.25. The Morgan fingerprint density at radius 1 is 1.19 bits per heavy atom. The smallest absolute Gasteiger partial charge is 0.0645 e. The van der Waals surface area contributed by atoms with Crippen LogP contribution in [-0.4, -0.2) is 47.0 Å². The van der Waals surface area contributed by atoms with Gasteiger partial charge in [-0.3, -0.25) is 9.58 Å². The van der Waals surface area contributed by atoms with Crippen LogP contribution in [0.25, 0.3) is 0 Å². The van der Waals surface area contributed by atoms with E-state index in [4.69, 9.17) is 4.74 Å². The largest absolute Gasteiger partial charge is 0.378 e. The van der Waals surface area contributed by atoms with Gasteiger partial charge in [0.05, 0.1) is 24.9 Å². The van der Waals surface area contributed by atoms with E-state index in [2.05, 4.69) is 41.5 Å². The van der Waals surface area contributed by atoms with Crippen LogP contribution in [0.2, 0.25) is 0 Å². The molecule has 2 saturated heterocycles. The van der Waals surface area contributed by atoms with E-state index in [1.54, 1.807) is 0 Å². The van der Waals surface area contributed by atoms with Crippen molar-refractivity contribution < 1.29 is 4.74 Å². The molecule has 2 aliphatic rings. The maximum Gasteiger partial charge on any atom is 0.0645 e. The van der Waals surface area contributed by atoms with E-state index < -0.39 is 0 Å². The van der Waals surface area contributed by atoms with Gasteiger partial charge >= 0.3 is 0 Å². The van der Waals surface area contributed by atoms with Gasteiger partial charge < -0.3 is 4.74 Å². The minimum atomic E-state index is 0.460. The van der Waals surface area contributed by atoms with Gasteiger partial charge in [-0.1, -0.05) is 13.8 Å². The lowest BCUT2D eigenvalue weighted by Crippen LogP contribution is -2.51. The molecule has 0 radical (unpaired) electrons. The topological polar surface area (TPSA) is 30.3 Å². The van der Waals surface area contributed by atoms with E-state index in [9.17, 15) is 0 Å². The number of aromatic nitrogens is 2. The van der Waals surface area contributed by atoms with Crippen molar-refractivity contribution in [3.05, 3.63) is 17.5 Å². The third-order valence-corrected chi connectivity index (χ3v) is 4.46. The SMILES string of the molecule is CC.Cc1cc(C2CCN(C3COC3)CC2)n(C(C)C)n1. The molecule has 0 aromatic carbocycles. The fourth-order valence-corrected chi connectivity index (χ4v) is 3.25. The van der Waals surface area contributed by atoms with Crippen LogP contribution in [0.1, 0.15) is 63.9 Å². The minimum Gasteiger partial charge on any atom is -0.378 e. The van der Waals surface area contributed by atoms with E-state index >= 15 is 0 Å². The lowest BCUT2D eigenvalue weighted by molar-refractivity contribution is -0.0714. The molecule has 0 amide bonds. The van der Waals surface area contributed by atoms with Gasteiger partial charge in [0.25, 0.3) is 0 Å². The van der Waals surface area contributed by atoms with E-state index in [1.807, 2.05) is 13.8 Å². The molecule has 2 aliphatic heterocycles. The molecule has 0 N–H and O–H groups in total. The highest BCUT2D eigenvalue weighted by atomic mass is 16.5. The Hall–Kier alpha value is -0.870. The molecule has 0 saturated carbocycles. The Balaban J connectivity index is 0.000000774. The van der Waals surface area contributed by atoms with Crippen molar-refractivity contribution in [2.45, 2.75) is 65.5 Å². The quantitative estimate of drug-likeness (QED) is 0.856. The summed E-state index contributed by atoms with van der Waals surface area (Å²) < 4.78 is 7.52. The third-order valence-electron chi connectivity index (χ3n) is 4.46. The van der Waals surface area contributed by atoms with Crippen LogP contribution in [0.15, 0.2) is 6.07 Å². The number of piperidine rings is 1. The number of hydrogen-bond acceptors (Lipinski definition) is 3. The summed E-state index contributed by atoms with van der Waals surface area (Å²) >= 11 is 0. The first-order chi connectivity index (χ1) is 10.1. The second-order valence-corrected chi connectivity index (χ2v) is 6.25. The molecule has 4 heteroatoms. The predicted molar refractivity (Wildman–Crippen MR) is 86.9 cm³/mol. The molecule has 1 aromatic rings. The highest BCUT2D eigenvalue weighted by Gasteiger charge is 2.31. The third kappa shape index (κ3) is 3.67. The van der Waals surface area contributed by atoms with Gasteiger partial charge in [0, 0.05) is 17.7 Å². The van der Waals surface area contributed by atoms with Crippen molar-refractivity contribution in [3.63, 3.8) is 0 Å². The first kappa shape index (κ1) is 16.5. The van der Waals surface area contributed by atoms with Crippen LogP contribution < -0.4 is 0 Å². The molecule has 4 nitrogen and oxygen atoms in total. The Bertz CT molecular complexity index is 429. The molecule has 0 atom stereocenters. The normalized spacial score (nSPS) is 21.0. The monoisotopic (exact) mass is 293 g/mol. The first-order valence-corrected chi connectivity index (χ1v) is 8.53. The number of hydrogen-bond donors (Lipinski definition) is 0. The van der Waals surface area contributed by atoms with Crippen LogP contribution in [0.3, 0.4) is 0 Å². The zero-order valence-corrected chi connectivity index (χ0v) is 14.3. The van der Waals surface area contributed by atoms with Crippen LogP contribution in [0, 0.1) is 6.92 Å². The maximum atomic E-state index is 5.30. The fraction of sp³-hybridized carbons (Fsp3) is 0.824. The highest BCUT2D eigenvalue weighted by Crippen LogP contribution is 2.31. The summed E-state index contributed by atoms with van der Waals surface area (Å²) in [5, 5.41) is 4.65. The van der Waals surface area contributed by atoms with Gasteiger partial charge in [0.15, 0.2) is 0 Å². The average Bonchev–Trinajstić information content (AvgIpc) is 2.82. The molecular formula is C17H31N3O. The van der Waals surface area contributed by atoms with Crippen molar-refractivity contribution in [1.82, 2.24) is 14.7 Å². The Morgan fingerprint density at radius 2 is 1.81 bits per heavy atom. The van der Waals surface area contributed by atoms with Crippen molar-refractivity contribution in [2.24, 2.45) is 0 Å². The molecule has 0 bridgehead atoms. The van der Waals surface area contributed by atoms with Crippen LogP contribution in [0.4, 0.5) is 0 Å². The summed E-state index contributed by atoms with van der Waals surface area (Å²) in [7, 11) is 0. The average molecular weight is 293 g/mol. The number of nitrogens with zero attached hydrogens (tertiary/aromatic N) is 3. The van der Waals surface area contributed by atoms with Crippen LogP contribution in [-0.2, 0) is 4.74 Å². The predicted octanol–water partition coefficient (Wildman–Crippen LogP) is 3.38. The van der Waals surface area contributed by atoms with Gasteiger partial charge in [0.2, 0.25) is 0 Å². The van der Waals surface area contributed by atoms with Crippen molar-refractivity contribution in [2.75, 3.05) is 26.3 Å². The molecule has 1 aromatic heterocycles. The molecule has 0 unspecified atom stereocenters. The maximum absolute atomic E-state index is 5.30. The molecular weight excluding hydrogens is 262 g/mol. The number of aryl methyl sites for hydroxylation is 1. The first-order valence-electron chi connectivity index (χ1n) is 8.53. The molecule has 0 aliphatic carbocycles. The molecule has 0 spiro atoms. The van der Waals surface area contributed by atoms with Gasteiger partial charge in [-0.25, -0.2) is 0 Å². The van der Waals surface area contributed by atoms with Crippen LogP contribution in [0.5, 0.6) is 0 Å². The van der Waals surface area contributed by atoms with E-state index in [-0.39, 0.29) is 0 Å². The van der Waals surface area contributed by atoms with E-state index in [1.165, 1.54) is 31.6 Å². The fourth-order valence-electron chi connectivity index (χ4n) is 3.25. The lowest BCUT2D eigenvalue weighted by atomic mass is 9.92.